The zero-order valence-electron chi connectivity index (χ0n) is 7.95. The standard InChI is InChI=1S/C11H14FNS/c12-10-3-1-8(2-4-10)11-7-14-6-9(11)5-13/h1-4,9,11H,5-7,13H2. The number of nitrogens with two attached hydrogens (primary N) is 1. The van der Waals surface area contributed by atoms with Gasteiger partial charge in [-0.25, -0.2) is 4.39 Å². The summed E-state index contributed by atoms with van der Waals surface area (Å²) < 4.78 is 12.7. The van der Waals surface area contributed by atoms with Crippen LogP contribution in [0.5, 0.6) is 0 Å². The van der Waals surface area contributed by atoms with E-state index in [1.165, 1.54) is 17.7 Å². The molecule has 0 spiro atoms. The molecule has 0 bridgehead atoms. The summed E-state index contributed by atoms with van der Waals surface area (Å²) in [5.41, 5.74) is 6.93. The molecule has 0 aliphatic carbocycles. The summed E-state index contributed by atoms with van der Waals surface area (Å²) in [5, 5.41) is 0. The molecule has 1 nitrogen and oxygen atoms in total. The highest BCUT2D eigenvalue weighted by Crippen LogP contribution is 2.36. The Morgan fingerprint density at radius 3 is 2.64 bits per heavy atom. The fraction of sp³-hybridized carbons (Fsp3) is 0.455. The number of hydrogen-bond acceptors (Lipinski definition) is 2. The van der Waals surface area contributed by atoms with E-state index in [-0.39, 0.29) is 5.82 Å². The highest BCUT2D eigenvalue weighted by Gasteiger charge is 2.27. The molecule has 1 saturated heterocycles. The molecule has 2 unspecified atom stereocenters. The molecule has 0 radical (unpaired) electrons. The van der Waals surface area contributed by atoms with E-state index in [0.29, 0.717) is 11.8 Å². The van der Waals surface area contributed by atoms with Crippen LogP contribution < -0.4 is 5.73 Å². The summed E-state index contributed by atoms with van der Waals surface area (Å²) >= 11 is 1.94. The van der Waals surface area contributed by atoms with E-state index in [1.54, 1.807) is 0 Å². The quantitative estimate of drug-likeness (QED) is 0.812. The first-order chi connectivity index (χ1) is 6.81. The van der Waals surface area contributed by atoms with Gasteiger partial charge >= 0.3 is 0 Å². The van der Waals surface area contributed by atoms with Gasteiger partial charge in [-0.3, -0.25) is 0 Å². The summed E-state index contributed by atoms with van der Waals surface area (Å²) in [6.45, 7) is 0.731. The van der Waals surface area contributed by atoms with Crippen LogP contribution in [-0.4, -0.2) is 18.1 Å². The Morgan fingerprint density at radius 2 is 2.00 bits per heavy atom. The summed E-state index contributed by atoms with van der Waals surface area (Å²) in [6.07, 6.45) is 0. The van der Waals surface area contributed by atoms with E-state index in [0.717, 1.165) is 18.1 Å². The van der Waals surface area contributed by atoms with Gasteiger partial charge in [0.2, 0.25) is 0 Å². The molecule has 76 valence electrons. The first-order valence-corrected chi connectivity index (χ1v) is 6.00. The number of thioether (sulfide) groups is 1. The van der Waals surface area contributed by atoms with Crippen LogP contribution in [0.1, 0.15) is 11.5 Å². The minimum Gasteiger partial charge on any atom is -0.330 e. The van der Waals surface area contributed by atoms with Crippen molar-refractivity contribution >= 4 is 11.8 Å². The lowest BCUT2D eigenvalue weighted by Gasteiger charge is -2.16. The number of rotatable bonds is 2. The maximum atomic E-state index is 12.7. The zero-order valence-corrected chi connectivity index (χ0v) is 8.77. The Balaban J connectivity index is 2.17. The Hall–Kier alpha value is -0.540. The molecule has 1 aromatic carbocycles. The molecule has 2 rings (SSSR count). The van der Waals surface area contributed by atoms with Gasteiger partial charge in [0, 0.05) is 5.75 Å². The third kappa shape index (κ3) is 1.93. The Morgan fingerprint density at radius 1 is 1.29 bits per heavy atom. The molecule has 3 heteroatoms. The second-order valence-corrected chi connectivity index (χ2v) is 4.77. The van der Waals surface area contributed by atoms with Crippen molar-refractivity contribution in [1.29, 1.82) is 0 Å². The fourth-order valence-corrected chi connectivity index (χ4v) is 3.44. The molecule has 2 N–H and O–H groups in total. The predicted octanol–water partition coefficient (Wildman–Crippen LogP) is 2.23. The SMILES string of the molecule is NCC1CSCC1c1ccc(F)cc1. The predicted molar refractivity (Wildman–Crippen MR) is 59.0 cm³/mol. The van der Waals surface area contributed by atoms with Crippen LogP contribution in [0.2, 0.25) is 0 Å². The highest BCUT2D eigenvalue weighted by atomic mass is 32.2. The molecule has 1 aliphatic heterocycles. The van der Waals surface area contributed by atoms with E-state index in [2.05, 4.69) is 0 Å². The van der Waals surface area contributed by atoms with E-state index in [9.17, 15) is 4.39 Å². The van der Waals surface area contributed by atoms with Gasteiger partial charge in [0.25, 0.3) is 0 Å². The van der Waals surface area contributed by atoms with Crippen molar-refractivity contribution in [2.24, 2.45) is 11.7 Å². The van der Waals surface area contributed by atoms with E-state index in [1.807, 2.05) is 23.9 Å². The number of hydrogen-bond donors (Lipinski definition) is 1. The van der Waals surface area contributed by atoms with Crippen molar-refractivity contribution in [2.45, 2.75) is 5.92 Å². The van der Waals surface area contributed by atoms with Crippen molar-refractivity contribution in [3.63, 3.8) is 0 Å². The van der Waals surface area contributed by atoms with Crippen molar-refractivity contribution in [1.82, 2.24) is 0 Å². The lowest BCUT2D eigenvalue weighted by molar-refractivity contribution is 0.532. The Kier molecular flexibility index (Phi) is 3.08. The van der Waals surface area contributed by atoms with Crippen LogP contribution in [0.3, 0.4) is 0 Å². The monoisotopic (exact) mass is 211 g/mol. The van der Waals surface area contributed by atoms with Crippen LogP contribution in [0, 0.1) is 11.7 Å². The van der Waals surface area contributed by atoms with Gasteiger partial charge in [-0.15, -0.1) is 0 Å². The van der Waals surface area contributed by atoms with Crippen molar-refractivity contribution in [3.8, 4) is 0 Å². The number of benzene rings is 1. The smallest absolute Gasteiger partial charge is 0.123 e. The normalized spacial score (nSPS) is 26.7. The highest BCUT2D eigenvalue weighted by molar-refractivity contribution is 7.99. The second kappa shape index (κ2) is 4.32. The van der Waals surface area contributed by atoms with Crippen molar-refractivity contribution < 1.29 is 4.39 Å². The average molecular weight is 211 g/mol. The molecular formula is C11H14FNS. The molecule has 0 aromatic heterocycles. The molecule has 1 aromatic rings. The lowest BCUT2D eigenvalue weighted by atomic mass is 9.89. The van der Waals surface area contributed by atoms with Gasteiger partial charge in [-0.05, 0) is 41.8 Å². The molecule has 1 heterocycles. The lowest BCUT2D eigenvalue weighted by Crippen LogP contribution is -2.20. The topological polar surface area (TPSA) is 26.0 Å². The molecule has 0 amide bonds. The largest absolute Gasteiger partial charge is 0.330 e. The zero-order chi connectivity index (χ0) is 9.97. The van der Waals surface area contributed by atoms with Gasteiger partial charge in [0.15, 0.2) is 0 Å². The van der Waals surface area contributed by atoms with E-state index < -0.39 is 0 Å². The third-order valence-electron chi connectivity index (χ3n) is 2.80. The number of halogens is 1. The van der Waals surface area contributed by atoms with Crippen molar-refractivity contribution in [2.75, 3.05) is 18.1 Å². The first kappa shape index (κ1) is 9.99. The third-order valence-corrected chi connectivity index (χ3v) is 4.06. The molecule has 2 atom stereocenters. The Bertz CT molecular complexity index is 299. The summed E-state index contributed by atoms with van der Waals surface area (Å²) in [6, 6.07) is 6.83. The van der Waals surface area contributed by atoms with Gasteiger partial charge in [0.05, 0.1) is 0 Å². The minimum absolute atomic E-state index is 0.163. The van der Waals surface area contributed by atoms with Crippen molar-refractivity contribution in [3.05, 3.63) is 35.6 Å². The fourth-order valence-electron chi connectivity index (χ4n) is 1.91. The Labute approximate surface area is 87.9 Å². The van der Waals surface area contributed by atoms with E-state index in [4.69, 9.17) is 5.73 Å². The molecule has 1 aliphatic rings. The van der Waals surface area contributed by atoms with Crippen LogP contribution in [-0.2, 0) is 0 Å². The molecule has 14 heavy (non-hydrogen) atoms. The van der Waals surface area contributed by atoms with Gasteiger partial charge in [0.1, 0.15) is 5.82 Å². The maximum absolute atomic E-state index is 12.7. The molecule has 1 fully saturated rings. The van der Waals surface area contributed by atoms with Gasteiger partial charge in [-0.2, -0.15) is 11.8 Å². The second-order valence-electron chi connectivity index (χ2n) is 3.69. The van der Waals surface area contributed by atoms with E-state index >= 15 is 0 Å². The minimum atomic E-state index is -0.163. The maximum Gasteiger partial charge on any atom is 0.123 e. The average Bonchev–Trinajstić information content (AvgIpc) is 2.67. The van der Waals surface area contributed by atoms with Crippen LogP contribution in [0.25, 0.3) is 0 Å². The van der Waals surface area contributed by atoms with Crippen LogP contribution in [0.4, 0.5) is 4.39 Å². The summed E-state index contributed by atoms with van der Waals surface area (Å²) in [7, 11) is 0. The van der Waals surface area contributed by atoms with Gasteiger partial charge < -0.3 is 5.73 Å². The molecule has 0 saturated carbocycles. The van der Waals surface area contributed by atoms with Crippen LogP contribution in [0.15, 0.2) is 24.3 Å². The summed E-state index contributed by atoms with van der Waals surface area (Å²) in [4.78, 5) is 0. The molecular weight excluding hydrogens is 197 g/mol. The van der Waals surface area contributed by atoms with Gasteiger partial charge in [-0.1, -0.05) is 12.1 Å². The summed E-state index contributed by atoms with van der Waals surface area (Å²) in [5.74, 6) is 3.17. The first-order valence-electron chi connectivity index (χ1n) is 4.84. The van der Waals surface area contributed by atoms with Crippen LogP contribution >= 0.6 is 11.8 Å².